The maximum Gasteiger partial charge on any atom is 0.246 e. The van der Waals surface area contributed by atoms with Crippen LogP contribution in [-0.4, -0.2) is 169 Å². The second kappa shape index (κ2) is 37.7. The Balaban J connectivity index is 1.62. The summed E-state index contributed by atoms with van der Waals surface area (Å²) in [6, 6.07) is 6.26. The molecule has 0 aromatic heterocycles. The van der Waals surface area contributed by atoms with E-state index in [1.165, 1.54) is 9.80 Å². The van der Waals surface area contributed by atoms with Gasteiger partial charge >= 0.3 is 0 Å². The molecule has 0 saturated carbocycles. The number of unbranched alkanes of at least 4 members (excludes halogenated alkanes) is 4. The van der Waals surface area contributed by atoms with E-state index in [0.717, 1.165) is 0 Å². The second-order valence-electron chi connectivity index (χ2n) is 24.6. The lowest BCUT2D eigenvalue weighted by Gasteiger charge is -2.32. The third-order valence-corrected chi connectivity index (χ3v) is 16.5. The highest BCUT2D eigenvalue weighted by molar-refractivity contribution is 6.00. The predicted octanol–water partition coefficient (Wildman–Crippen LogP) is 0.954. The Bertz CT molecular complexity index is 2400. The fraction of sp³-hybridized carbons (Fsp3) is 0.656. The molecule has 24 nitrogen and oxygen atoms in total. The number of hydrogen-bond acceptors (Lipinski definition) is 14. The summed E-state index contributed by atoms with van der Waals surface area (Å²) >= 11 is 0. The van der Waals surface area contributed by atoms with Gasteiger partial charge in [0.25, 0.3) is 0 Å². The highest BCUT2D eigenvalue weighted by Gasteiger charge is 2.43. The zero-order valence-corrected chi connectivity index (χ0v) is 52.4. The summed E-state index contributed by atoms with van der Waals surface area (Å²) in [5.74, 6) is -6.70. The number of carbonyl (C=O) groups excluding carboxylic acids is 10. The molecule has 2 aromatic carbocycles. The van der Waals surface area contributed by atoms with Gasteiger partial charge in [-0.1, -0.05) is 88.4 Å². The van der Waals surface area contributed by atoms with Crippen molar-refractivity contribution in [1.82, 2.24) is 52.3 Å². The highest BCUT2D eigenvalue weighted by atomic mass is 16.2. The SMILES string of the molecule is CC(C)C[C@@H]1NC(=O)[C@H](CCCCN)NC(=O)[C@@H]2CCCN2C(=O)[C@@H](Cc2ccccc2)NC(=O)[C@H](CCCCN)NC(=O)[C@H](CC(C)C)NC(=O)[C@H](CCCCN)NC(=O)[C@@H]2CCCN2C(=O)[C@@H](Cc2ccccc2)NC(=O)[C@H](CCCCN)NC1=O. The molecule has 88 heavy (non-hydrogen) atoms. The van der Waals surface area contributed by atoms with Gasteiger partial charge in [-0.2, -0.15) is 0 Å². The van der Waals surface area contributed by atoms with Crippen molar-refractivity contribution in [2.45, 2.75) is 217 Å². The van der Waals surface area contributed by atoms with E-state index in [4.69, 9.17) is 22.9 Å². The van der Waals surface area contributed by atoms with Crippen molar-refractivity contribution in [1.29, 1.82) is 0 Å². The Kier molecular flexibility index (Phi) is 30.8. The monoisotopic (exact) mass is 1230 g/mol. The van der Waals surface area contributed by atoms with Crippen molar-refractivity contribution >= 4 is 59.1 Å². The summed E-state index contributed by atoms with van der Waals surface area (Å²) in [4.78, 5) is 150. The van der Waals surface area contributed by atoms with E-state index < -0.39 is 119 Å². The summed E-state index contributed by atoms with van der Waals surface area (Å²) in [6.45, 7) is 9.01. The van der Waals surface area contributed by atoms with Crippen LogP contribution in [0.25, 0.3) is 0 Å². The topological polar surface area (TPSA) is 377 Å². The molecule has 2 aromatic rings. The van der Waals surface area contributed by atoms with Crippen LogP contribution in [-0.2, 0) is 60.8 Å². The van der Waals surface area contributed by atoms with Crippen molar-refractivity contribution in [3.8, 4) is 0 Å². The van der Waals surface area contributed by atoms with Gasteiger partial charge in [-0.05, 0) is 165 Å². The Morgan fingerprint density at radius 1 is 0.364 bits per heavy atom. The summed E-state index contributed by atoms with van der Waals surface area (Å²) in [5, 5.41) is 23.2. The van der Waals surface area contributed by atoms with E-state index in [9.17, 15) is 38.4 Å². The number of amides is 10. The van der Waals surface area contributed by atoms with E-state index >= 15 is 9.59 Å². The fourth-order valence-corrected chi connectivity index (χ4v) is 11.7. The van der Waals surface area contributed by atoms with Crippen LogP contribution in [0.2, 0.25) is 0 Å². The van der Waals surface area contributed by atoms with Crippen molar-refractivity contribution in [3.63, 3.8) is 0 Å². The molecule has 3 heterocycles. The van der Waals surface area contributed by atoms with Crippen LogP contribution in [0, 0.1) is 11.8 Å². The van der Waals surface area contributed by atoms with E-state index in [2.05, 4.69) is 42.5 Å². The van der Waals surface area contributed by atoms with E-state index in [0.29, 0.717) is 102 Å². The minimum absolute atomic E-state index is 0.0169. The molecule has 0 bridgehead atoms. The third-order valence-electron chi connectivity index (χ3n) is 16.5. The van der Waals surface area contributed by atoms with Gasteiger partial charge in [0.2, 0.25) is 59.1 Å². The van der Waals surface area contributed by atoms with Crippen molar-refractivity contribution < 1.29 is 47.9 Å². The van der Waals surface area contributed by atoms with Crippen LogP contribution in [0.4, 0.5) is 0 Å². The van der Waals surface area contributed by atoms with Crippen LogP contribution >= 0.6 is 0 Å². The molecular formula is C64H102N14O10. The zero-order valence-electron chi connectivity index (χ0n) is 52.4. The van der Waals surface area contributed by atoms with Gasteiger partial charge in [0.1, 0.15) is 60.4 Å². The number of fused-ring (bicyclic) bond motifs is 2. The molecule has 10 amide bonds. The van der Waals surface area contributed by atoms with Crippen molar-refractivity contribution in [3.05, 3.63) is 71.8 Å². The number of rotatable bonds is 24. The van der Waals surface area contributed by atoms with Gasteiger partial charge in [-0.3, -0.25) is 47.9 Å². The molecule has 3 aliphatic rings. The molecule has 24 heteroatoms. The number of nitrogens with two attached hydrogens (primary N) is 4. The van der Waals surface area contributed by atoms with Crippen LogP contribution in [0.5, 0.6) is 0 Å². The van der Waals surface area contributed by atoms with Gasteiger partial charge in [0.05, 0.1) is 0 Å². The average molecular weight is 1230 g/mol. The van der Waals surface area contributed by atoms with E-state index in [1.54, 1.807) is 48.5 Å². The highest BCUT2D eigenvalue weighted by Crippen LogP contribution is 2.24. The number of nitrogens with zero attached hydrogens (tertiary/aromatic N) is 2. The average Bonchev–Trinajstić information content (AvgIpc) is 4.36. The van der Waals surface area contributed by atoms with Crippen LogP contribution in [0.3, 0.4) is 0 Å². The zero-order chi connectivity index (χ0) is 64.1. The molecule has 5 rings (SSSR count). The van der Waals surface area contributed by atoms with Gasteiger partial charge in [-0.15, -0.1) is 0 Å². The minimum atomic E-state index is -1.23. The summed E-state index contributed by atoms with van der Waals surface area (Å²) in [7, 11) is 0. The maximum atomic E-state index is 15.1. The summed E-state index contributed by atoms with van der Waals surface area (Å²) in [5.41, 5.74) is 25.0. The molecule has 0 radical (unpaired) electrons. The molecule has 10 atom stereocenters. The molecule has 0 unspecified atom stereocenters. The molecule has 3 fully saturated rings. The van der Waals surface area contributed by atoms with Gasteiger partial charge in [-0.25, -0.2) is 0 Å². The Labute approximate surface area is 519 Å². The third kappa shape index (κ3) is 22.8. The van der Waals surface area contributed by atoms with E-state index in [-0.39, 0.29) is 89.1 Å². The van der Waals surface area contributed by atoms with Crippen molar-refractivity contribution in [2.24, 2.45) is 34.8 Å². The van der Waals surface area contributed by atoms with Gasteiger partial charge < -0.3 is 75.3 Å². The standard InChI is InChI=1S/C64H102N14O10/c1-41(2)37-49-59(83)69-45(25-11-15-31-65)57(81)75-51(39-43-21-7-5-8-22-43)63(87)78-36-20-30-54(78)62(86)72-48(28-14-18-34-68)56(80)74-50(38-42(3)4)60(84)70-46(26-12-16-32-66)58(82)76-52(40-44-23-9-6-10-24-44)64(88)77-35-19-29-53(77)61(85)71-47(55(79)73-49)27-13-17-33-67/h5-10,21-24,41-42,45-54H,11-20,25-40,65-68H2,1-4H3,(H,69,83)(H,70,84)(H,71,85)(H,72,86)(H,73,79)(H,74,80)(H,75,81)(H,76,82)/t45-,46-,47-,48-,49-,50-,51+,52+,53-,54-/m0/s1. The fourth-order valence-electron chi connectivity index (χ4n) is 11.7. The molecule has 3 aliphatic heterocycles. The molecule has 3 saturated heterocycles. The quantitative estimate of drug-likeness (QED) is 0.0652. The summed E-state index contributed by atoms with van der Waals surface area (Å²) in [6.07, 6.45) is 5.84. The molecule has 0 spiro atoms. The first kappa shape index (κ1) is 71.7. The Hall–Kier alpha value is -7.02. The number of hydrogen-bond donors (Lipinski definition) is 12. The predicted molar refractivity (Wildman–Crippen MR) is 336 cm³/mol. The Morgan fingerprint density at radius 3 is 0.909 bits per heavy atom. The van der Waals surface area contributed by atoms with Crippen LogP contribution < -0.4 is 65.5 Å². The first-order chi connectivity index (χ1) is 42.3. The number of nitrogens with one attached hydrogen (secondary N) is 8. The molecule has 488 valence electrons. The molecular weight excluding hydrogens is 1120 g/mol. The largest absolute Gasteiger partial charge is 0.343 e. The smallest absolute Gasteiger partial charge is 0.246 e. The Morgan fingerprint density at radius 2 is 0.625 bits per heavy atom. The first-order valence-corrected chi connectivity index (χ1v) is 32.2. The normalized spacial score (nSPS) is 25.4. The van der Waals surface area contributed by atoms with Gasteiger partial charge in [0.15, 0.2) is 0 Å². The minimum Gasteiger partial charge on any atom is -0.343 e. The summed E-state index contributed by atoms with van der Waals surface area (Å²) < 4.78 is 0. The lowest BCUT2D eigenvalue weighted by atomic mass is 9.99. The van der Waals surface area contributed by atoms with Crippen LogP contribution in [0.1, 0.15) is 154 Å². The second-order valence-corrected chi connectivity index (χ2v) is 24.6. The van der Waals surface area contributed by atoms with Gasteiger partial charge in [0, 0.05) is 25.9 Å². The number of benzene rings is 2. The maximum absolute atomic E-state index is 15.1. The lowest BCUT2D eigenvalue weighted by Crippen LogP contribution is -2.61. The molecule has 0 aliphatic carbocycles. The number of carbonyl (C=O) groups is 10. The molecule has 16 N–H and O–H groups in total. The van der Waals surface area contributed by atoms with Crippen LogP contribution in [0.15, 0.2) is 60.7 Å². The van der Waals surface area contributed by atoms with Crippen molar-refractivity contribution in [2.75, 3.05) is 39.3 Å². The lowest BCUT2D eigenvalue weighted by molar-refractivity contribution is -0.143. The van der Waals surface area contributed by atoms with E-state index in [1.807, 2.05) is 39.8 Å². The first-order valence-electron chi connectivity index (χ1n) is 32.2.